The van der Waals surface area contributed by atoms with E-state index >= 15 is 0 Å². The lowest BCUT2D eigenvalue weighted by atomic mass is 10.1. The maximum atomic E-state index is 3.55. The lowest BCUT2D eigenvalue weighted by molar-refractivity contribution is 0.117. The van der Waals surface area contributed by atoms with Gasteiger partial charge in [-0.15, -0.1) is 0 Å². The van der Waals surface area contributed by atoms with Gasteiger partial charge in [0.05, 0.1) is 0 Å². The zero-order valence-corrected chi connectivity index (χ0v) is 15.5. The number of nitrogens with zero attached hydrogens (tertiary/aromatic N) is 2. The summed E-state index contributed by atoms with van der Waals surface area (Å²) in [5, 5.41) is 3.55. The summed E-state index contributed by atoms with van der Waals surface area (Å²) in [6.07, 6.45) is 1.18. The van der Waals surface area contributed by atoms with Crippen LogP contribution in [0.2, 0.25) is 0 Å². The maximum absolute atomic E-state index is 3.55. The van der Waals surface area contributed by atoms with Gasteiger partial charge >= 0.3 is 0 Å². The summed E-state index contributed by atoms with van der Waals surface area (Å²) in [4.78, 5) is 5.19. The first-order chi connectivity index (χ1) is 11.1. The minimum atomic E-state index is 0. The van der Waals surface area contributed by atoms with Gasteiger partial charge in [-0.05, 0) is 30.4 Å². The second-order valence-corrected chi connectivity index (χ2v) is 7.48. The van der Waals surface area contributed by atoms with Crippen LogP contribution in [0.1, 0.15) is 46.7 Å². The van der Waals surface area contributed by atoms with Gasteiger partial charge < -0.3 is 10.2 Å². The van der Waals surface area contributed by atoms with Crippen molar-refractivity contribution < 1.29 is 1.43 Å². The Morgan fingerprint density at radius 3 is 2.09 bits per heavy atom. The fourth-order valence-corrected chi connectivity index (χ4v) is 3.10. The molecule has 1 unspecified atom stereocenters. The minimum absolute atomic E-state index is 0. The molecule has 1 N–H and O–H groups in total. The summed E-state index contributed by atoms with van der Waals surface area (Å²) in [5.74, 6) is 0.776. The molecule has 1 aliphatic heterocycles. The highest BCUT2D eigenvalue weighted by Crippen LogP contribution is 2.11. The summed E-state index contributed by atoms with van der Waals surface area (Å²) in [7, 11) is 0. The molecule has 132 valence electrons. The lowest BCUT2D eigenvalue weighted by Gasteiger charge is -2.35. The summed E-state index contributed by atoms with van der Waals surface area (Å²) in [6, 6.07) is 9.75. The van der Waals surface area contributed by atoms with Crippen LogP contribution in [-0.2, 0) is 13.1 Å². The molecular weight excluding hydrogens is 282 g/mol. The van der Waals surface area contributed by atoms with Gasteiger partial charge in [0.25, 0.3) is 0 Å². The molecule has 0 aliphatic carbocycles. The largest absolute Gasteiger partial charge is 0.310 e. The van der Waals surface area contributed by atoms with Gasteiger partial charge in [-0.3, -0.25) is 4.90 Å². The summed E-state index contributed by atoms with van der Waals surface area (Å²) in [5.41, 5.74) is 2.82. The monoisotopic (exact) mass is 319 g/mol. The fraction of sp³-hybridized carbons (Fsp3) is 0.700. The van der Waals surface area contributed by atoms with E-state index in [0.717, 1.165) is 19.0 Å². The predicted molar refractivity (Wildman–Crippen MR) is 102 cm³/mol. The van der Waals surface area contributed by atoms with E-state index in [4.69, 9.17) is 0 Å². The molecule has 0 spiro atoms. The lowest BCUT2D eigenvalue weighted by Crippen LogP contribution is -2.46. The van der Waals surface area contributed by atoms with Gasteiger partial charge in [0.2, 0.25) is 0 Å². The van der Waals surface area contributed by atoms with E-state index in [1.165, 1.54) is 50.3 Å². The number of benzene rings is 1. The molecule has 23 heavy (non-hydrogen) atoms. The Balaban J connectivity index is 0.00000288. The van der Waals surface area contributed by atoms with E-state index in [0.29, 0.717) is 6.04 Å². The van der Waals surface area contributed by atoms with Crippen LogP contribution in [-0.4, -0.2) is 48.6 Å². The standard InChI is InChI=1S/C20H35N3.H2/c1-5-18(4)21-14-19-6-8-20(9-7-19)16-23-12-10-22(11-13-23)15-17(2)3;/h6-9,17-18,21H,5,10-16H2,1-4H3;1H. The Hall–Kier alpha value is -0.900. The second-order valence-electron chi connectivity index (χ2n) is 7.48. The Bertz CT molecular complexity index is 439. The molecule has 1 fully saturated rings. The van der Waals surface area contributed by atoms with Crippen LogP contribution in [0.25, 0.3) is 0 Å². The third-order valence-corrected chi connectivity index (χ3v) is 4.78. The molecular formula is C20H37N3. The van der Waals surface area contributed by atoms with Gasteiger partial charge in [-0.2, -0.15) is 0 Å². The van der Waals surface area contributed by atoms with Crippen LogP contribution in [0.4, 0.5) is 0 Å². The van der Waals surface area contributed by atoms with Crippen molar-refractivity contribution in [2.75, 3.05) is 32.7 Å². The van der Waals surface area contributed by atoms with Crippen molar-refractivity contribution in [3.05, 3.63) is 35.4 Å². The molecule has 1 aromatic carbocycles. The molecule has 0 aromatic heterocycles. The average Bonchev–Trinajstić information content (AvgIpc) is 2.55. The SMILES string of the molecule is CCC(C)NCc1ccc(CN2CCN(CC(C)C)CC2)cc1.[HH]. The third-order valence-electron chi connectivity index (χ3n) is 4.78. The van der Waals surface area contributed by atoms with Crippen molar-refractivity contribution in [2.24, 2.45) is 5.92 Å². The number of piperazine rings is 1. The van der Waals surface area contributed by atoms with Crippen molar-refractivity contribution in [1.29, 1.82) is 0 Å². The Kier molecular flexibility index (Phi) is 7.54. The zero-order valence-electron chi connectivity index (χ0n) is 15.5. The van der Waals surface area contributed by atoms with E-state index < -0.39 is 0 Å². The number of hydrogen-bond donors (Lipinski definition) is 1. The number of rotatable bonds is 8. The number of hydrogen-bond acceptors (Lipinski definition) is 3. The van der Waals surface area contributed by atoms with Gasteiger partial charge in [-0.25, -0.2) is 0 Å². The molecule has 0 bridgehead atoms. The Labute approximate surface area is 144 Å². The van der Waals surface area contributed by atoms with Crippen molar-refractivity contribution in [2.45, 2.75) is 53.2 Å². The van der Waals surface area contributed by atoms with E-state index in [1.807, 2.05) is 0 Å². The molecule has 0 amide bonds. The molecule has 1 aromatic rings. The third kappa shape index (κ3) is 6.62. The van der Waals surface area contributed by atoms with Crippen LogP contribution in [0.15, 0.2) is 24.3 Å². The molecule has 1 heterocycles. The van der Waals surface area contributed by atoms with Gasteiger partial charge in [-0.1, -0.05) is 45.0 Å². The highest BCUT2D eigenvalue weighted by atomic mass is 15.3. The quantitative estimate of drug-likeness (QED) is 0.790. The molecule has 0 radical (unpaired) electrons. The fourth-order valence-electron chi connectivity index (χ4n) is 3.10. The van der Waals surface area contributed by atoms with Gasteiger partial charge in [0, 0.05) is 53.3 Å². The highest BCUT2D eigenvalue weighted by Gasteiger charge is 2.17. The molecule has 3 nitrogen and oxygen atoms in total. The molecule has 1 atom stereocenters. The van der Waals surface area contributed by atoms with E-state index in [9.17, 15) is 0 Å². The maximum Gasteiger partial charge on any atom is 0.0234 e. The summed E-state index contributed by atoms with van der Waals surface area (Å²) >= 11 is 0. The Morgan fingerprint density at radius 1 is 0.957 bits per heavy atom. The summed E-state index contributed by atoms with van der Waals surface area (Å²) in [6.45, 7) is 17.2. The first kappa shape index (κ1) is 18.4. The second kappa shape index (κ2) is 9.41. The van der Waals surface area contributed by atoms with E-state index in [2.05, 4.69) is 67.1 Å². The normalized spacial score (nSPS) is 18.5. The first-order valence-electron chi connectivity index (χ1n) is 9.32. The van der Waals surface area contributed by atoms with Crippen molar-refractivity contribution in [1.82, 2.24) is 15.1 Å². The molecule has 2 rings (SSSR count). The van der Waals surface area contributed by atoms with Crippen molar-refractivity contribution >= 4 is 0 Å². The van der Waals surface area contributed by atoms with Crippen LogP contribution in [0.3, 0.4) is 0 Å². The predicted octanol–water partition coefficient (Wildman–Crippen LogP) is 3.59. The van der Waals surface area contributed by atoms with Gasteiger partial charge in [0.15, 0.2) is 0 Å². The topological polar surface area (TPSA) is 18.5 Å². The molecule has 1 aliphatic rings. The summed E-state index contributed by atoms with van der Waals surface area (Å²) < 4.78 is 0. The first-order valence-corrected chi connectivity index (χ1v) is 9.32. The number of nitrogens with one attached hydrogen (secondary N) is 1. The van der Waals surface area contributed by atoms with E-state index in [-0.39, 0.29) is 1.43 Å². The molecule has 0 saturated carbocycles. The van der Waals surface area contributed by atoms with Crippen molar-refractivity contribution in [3.8, 4) is 0 Å². The molecule has 3 heteroatoms. The van der Waals surface area contributed by atoms with Crippen LogP contribution in [0, 0.1) is 5.92 Å². The molecule has 1 saturated heterocycles. The van der Waals surface area contributed by atoms with Gasteiger partial charge in [0.1, 0.15) is 0 Å². The Morgan fingerprint density at radius 2 is 1.52 bits per heavy atom. The highest BCUT2D eigenvalue weighted by molar-refractivity contribution is 5.22. The van der Waals surface area contributed by atoms with Crippen LogP contribution in [0.5, 0.6) is 0 Å². The van der Waals surface area contributed by atoms with Crippen LogP contribution < -0.4 is 5.32 Å². The van der Waals surface area contributed by atoms with E-state index in [1.54, 1.807) is 0 Å². The van der Waals surface area contributed by atoms with Crippen LogP contribution >= 0.6 is 0 Å². The average molecular weight is 320 g/mol. The van der Waals surface area contributed by atoms with Crippen molar-refractivity contribution in [3.63, 3.8) is 0 Å². The zero-order chi connectivity index (χ0) is 16.7. The smallest absolute Gasteiger partial charge is 0.0234 e. The minimum Gasteiger partial charge on any atom is -0.310 e.